The molecule has 5 nitrogen and oxygen atoms in total. The van der Waals surface area contributed by atoms with Crippen molar-refractivity contribution in [3.63, 3.8) is 0 Å². The molecular weight excluding hydrogens is 403 g/mol. The second-order valence-electron chi connectivity index (χ2n) is 8.13. The van der Waals surface area contributed by atoms with Crippen LogP contribution in [0, 0.1) is 5.82 Å². The van der Waals surface area contributed by atoms with Crippen molar-refractivity contribution in [2.75, 3.05) is 26.2 Å². The number of carbonyl (C=O) groups excluding carboxylic acids is 1. The van der Waals surface area contributed by atoms with E-state index in [1.807, 2.05) is 4.90 Å². The van der Waals surface area contributed by atoms with E-state index < -0.39 is 10.0 Å². The zero-order valence-electron chi connectivity index (χ0n) is 17.0. The first-order valence-electron chi connectivity index (χ1n) is 10.6. The third kappa shape index (κ3) is 4.42. The molecule has 0 aliphatic carbocycles. The van der Waals surface area contributed by atoms with Crippen LogP contribution >= 0.6 is 0 Å². The van der Waals surface area contributed by atoms with Crippen molar-refractivity contribution in [2.24, 2.45) is 0 Å². The minimum absolute atomic E-state index is 0.0888. The van der Waals surface area contributed by atoms with Crippen molar-refractivity contribution < 1.29 is 17.6 Å². The lowest BCUT2D eigenvalue weighted by Crippen LogP contribution is -2.34. The van der Waals surface area contributed by atoms with Crippen LogP contribution in [0.5, 0.6) is 0 Å². The predicted octanol–water partition coefficient (Wildman–Crippen LogP) is 4.02. The molecule has 0 aromatic heterocycles. The molecule has 0 saturated carbocycles. The summed E-state index contributed by atoms with van der Waals surface area (Å²) in [6, 6.07) is 12.8. The van der Waals surface area contributed by atoms with Crippen molar-refractivity contribution in [2.45, 2.75) is 42.9 Å². The van der Waals surface area contributed by atoms with Crippen LogP contribution in [0.2, 0.25) is 0 Å². The zero-order valence-corrected chi connectivity index (χ0v) is 17.8. The summed E-state index contributed by atoms with van der Waals surface area (Å²) in [5.41, 5.74) is 1.54. The Balaban J connectivity index is 1.49. The molecule has 160 valence electrons. The van der Waals surface area contributed by atoms with Gasteiger partial charge in [0.15, 0.2) is 0 Å². The first-order chi connectivity index (χ1) is 14.4. The quantitative estimate of drug-likeness (QED) is 0.736. The van der Waals surface area contributed by atoms with Gasteiger partial charge in [-0.25, -0.2) is 12.8 Å². The Morgan fingerprint density at radius 2 is 1.50 bits per heavy atom. The lowest BCUT2D eigenvalue weighted by atomic mass is 9.94. The number of amides is 1. The highest BCUT2D eigenvalue weighted by Crippen LogP contribution is 2.28. The van der Waals surface area contributed by atoms with Crippen molar-refractivity contribution in [1.82, 2.24) is 9.21 Å². The highest BCUT2D eigenvalue weighted by Gasteiger charge is 2.28. The Morgan fingerprint density at radius 3 is 2.17 bits per heavy atom. The molecule has 2 aromatic rings. The molecule has 0 radical (unpaired) electrons. The van der Waals surface area contributed by atoms with Gasteiger partial charge >= 0.3 is 0 Å². The Morgan fingerprint density at radius 1 is 0.867 bits per heavy atom. The maximum absolute atomic E-state index is 13.3. The summed E-state index contributed by atoms with van der Waals surface area (Å²) in [5, 5.41) is 0. The van der Waals surface area contributed by atoms with Crippen molar-refractivity contribution >= 4 is 15.9 Å². The molecule has 2 aliphatic heterocycles. The fraction of sp³-hybridized carbons (Fsp3) is 0.435. The van der Waals surface area contributed by atoms with Crippen molar-refractivity contribution in [3.05, 3.63) is 65.5 Å². The summed E-state index contributed by atoms with van der Waals surface area (Å²) in [6.07, 6.45) is 4.67. The summed E-state index contributed by atoms with van der Waals surface area (Å²) in [6.45, 7) is 2.37. The van der Waals surface area contributed by atoms with Crippen molar-refractivity contribution in [3.8, 4) is 0 Å². The summed E-state index contributed by atoms with van der Waals surface area (Å²) in [4.78, 5) is 15.2. The maximum atomic E-state index is 13.3. The van der Waals surface area contributed by atoms with Crippen LogP contribution < -0.4 is 0 Å². The summed E-state index contributed by atoms with van der Waals surface area (Å²) in [7, 11) is -3.48. The number of sulfonamides is 1. The molecule has 2 aliphatic rings. The van der Waals surface area contributed by atoms with Gasteiger partial charge in [0.05, 0.1) is 4.90 Å². The number of benzene rings is 2. The van der Waals surface area contributed by atoms with Crippen LogP contribution in [-0.2, 0) is 10.0 Å². The third-order valence-corrected chi connectivity index (χ3v) is 8.02. The molecule has 7 heteroatoms. The van der Waals surface area contributed by atoms with Crippen LogP contribution in [0.15, 0.2) is 53.4 Å². The van der Waals surface area contributed by atoms with Gasteiger partial charge in [-0.3, -0.25) is 4.79 Å². The van der Waals surface area contributed by atoms with E-state index in [2.05, 4.69) is 0 Å². The molecule has 0 spiro atoms. The van der Waals surface area contributed by atoms with Gasteiger partial charge in [0.25, 0.3) is 5.91 Å². The summed E-state index contributed by atoms with van der Waals surface area (Å²) in [5.74, 6) is -0.176. The van der Waals surface area contributed by atoms with Gasteiger partial charge < -0.3 is 4.90 Å². The average Bonchev–Trinajstić information content (AvgIpc) is 3.20. The van der Waals surface area contributed by atoms with Crippen LogP contribution in [0.3, 0.4) is 0 Å². The standard InChI is InChI=1S/C23H27FN2O3S/c24-21-10-6-18(7-11-21)20-5-1-2-14-25(17-20)23(27)19-8-12-22(13-9-19)30(28,29)26-15-3-4-16-26/h6-13,20H,1-5,14-17H2. The first kappa shape index (κ1) is 21.0. The van der Waals surface area contributed by atoms with Crippen LogP contribution in [0.25, 0.3) is 0 Å². The van der Waals surface area contributed by atoms with Crippen LogP contribution in [0.4, 0.5) is 4.39 Å². The first-order valence-corrected chi connectivity index (χ1v) is 12.0. The molecule has 1 unspecified atom stereocenters. The Bertz CT molecular complexity index is 984. The average molecular weight is 431 g/mol. The Labute approximate surface area is 177 Å². The maximum Gasteiger partial charge on any atom is 0.253 e. The SMILES string of the molecule is O=C(c1ccc(S(=O)(=O)N2CCCC2)cc1)N1CCCCC(c2ccc(F)cc2)C1. The second kappa shape index (κ2) is 8.86. The second-order valence-corrected chi connectivity index (χ2v) is 10.1. The number of likely N-dealkylation sites (tertiary alicyclic amines) is 1. The number of hydrogen-bond donors (Lipinski definition) is 0. The summed E-state index contributed by atoms with van der Waals surface area (Å²) < 4.78 is 40.2. The topological polar surface area (TPSA) is 57.7 Å². The Hall–Kier alpha value is -2.25. The molecule has 30 heavy (non-hydrogen) atoms. The van der Waals surface area contributed by atoms with E-state index in [0.717, 1.165) is 37.7 Å². The number of carbonyl (C=O) groups is 1. The number of rotatable bonds is 4. The van der Waals surface area contributed by atoms with Gasteiger partial charge in [0.2, 0.25) is 10.0 Å². The minimum Gasteiger partial charge on any atom is -0.338 e. The number of hydrogen-bond acceptors (Lipinski definition) is 3. The molecule has 2 saturated heterocycles. The molecular formula is C23H27FN2O3S. The van der Waals surface area contributed by atoms with E-state index in [0.29, 0.717) is 31.7 Å². The highest BCUT2D eigenvalue weighted by molar-refractivity contribution is 7.89. The largest absolute Gasteiger partial charge is 0.338 e. The van der Waals surface area contributed by atoms with Crippen molar-refractivity contribution in [1.29, 1.82) is 0 Å². The Kier molecular flexibility index (Phi) is 6.20. The number of halogens is 1. The fourth-order valence-electron chi connectivity index (χ4n) is 4.36. The van der Waals surface area contributed by atoms with Gasteiger partial charge in [-0.05, 0) is 67.6 Å². The third-order valence-electron chi connectivity index (χ3n) is 6.10. The van der Waals surface area contributed by atoms with Gasteiger partial charge in [-0.2, -0.15) is 4.31 Å². The monoisotopic (exact) mass is 430 g/mol. The molecule has 1 atom stereocenters. The molecule has 2 aromatic carbocycles. The molecule has 0 bridgehead atoms. The molecule has 0 N–H and O–H groups in total. The van der Waals surface area contributed by atoms with Crippen LogP contribution in [-0.4, -0.2) is 49.7 Å². The van der Waals surface area contributed by atoms with E-state index in [-0.39, 0.29) is 22.5 Å². The smallest absolute Gasteiger partial charge is 0.253 e. The van der Waals surface area contributed by atoms with Gasteiger partial charge in [0.1, 0.15) is 5.82 Å². The van der Waals surface area contributed by atoms with Gasteiger partial charge in [0, 0.05) is 37.7 Å². The summed E-state index contributed by atoms with van der Waals surface area (Å²) >= 11 is 0. The lowest BCUT2D eigenvalue weighted by Gasteiger charge is -2.25. The number of nitrogens with zero attached hydrogens (tertiary/aromatic N) is 2. The van der Waals surface area contributed by atoms with E-state index in [1.54, 1.807) is 24.3 Å². The van der Waals surface area contributed by atoms with Crippen LogP contribution in [0.1, 0.15) is 53.9 Å². The minimum atomic E-state index is -3.48. The van der Waals surface area contributed by atoms with E-state index in [9.17, 15) is 17.6 Å². The lowest BCUT2D eigenvalue weighted by molar-refractivity contribution is 0.0754. The van der Waals surface area contributed by atoms with Gasteiger partial charge in [-0.15, -0.1) is 0 Å². The van der Waals surface area contributed by atoms with E-state index in [1.165, 1.54) is 28.6 Å². The highest BCUT2D eigenvalue weighted by atomic mass is 32.2. The predicted molar refractivity (Wildman–Crippen MR) is 113 cm³/mol. The normalized spacial score (nSPS) is 20.8. The molecule has 2 fully saturated rings. The zero-order chi connectivity index (χ0) is 21.1. The fourth-order valence-corrected chi connectivity index (χ4v) is 5.88. The molecule has 1 amide bonds. The molecule has 4 rings (SSSR count). The van der Waals surface area contributed by atoms with E-state index in [4.69, 9.17) is 0 Å². The van der Waals surface area contributed by atoms with E-state index >= 15 is 0 Å². The van der Waals surface area contributed by atoms with Gasteiger partial charge in [-0.1, -0.05) is 18.6 Å². The molecule has 2 heterocycles.